The number of aromatic nitrogens is 2. The van der Waals surface area contributed by atoms with Gasteiger partial charge in [0.05, 0.1) is 11.3 Å². The molecule has 0 unspecified atom stereocenters. The second kappa shape index (κ2) is 8.07. The average molecular weight is 351 g/mol. The van der Waals surface area contributed by atoms with Crippen LogP contribution < -0.4 is 11.0 Å². The fraction of sp³-hybridized carbons (Fsp3) is 0.333. The largest absolute Gasteiger partial charge is 0.355 e. The van der Waals surface area contributed by atoms with Gasteiger partial charge in [-0.1, -0.05) is 17.8 Å². The SMILES string of the molecule is CC(=O)c1c(SCC(=O)NCCc2cccs2)nc(=O)[nH]c1C. The van der Waals surface area contributed by atoms with Crippen LogP contribution in [0.4, 0.5) is 0 Å². The third-order valence-corrected chi connectivity index (χ3v) is 4.96. The molecule has 122 valence electrons. The van der Waals surface area contributed by atoms with Gasteiger partial charge in [0, 0.05) is 17.1 Å². The molecule has 0 saturated heterocycles. The molecule has 0 aliphatic rings. The second-order valence-electron chi connectivity index (χ2n) is 4.87. The van der Waals surface area contributed by atoms with E-state index in [2.05, 4.69) is 15.3 Å². The first kappa shape index (κ1) is 17.4. The second-order valence-corrected chi connectivity index (χ2v) is 6.87. The molecule has 0 spiro atoms. The first-order valence-electron chi connectivity index (χ1n) is 7.01. The van der Waals surface area contributed by atoms with Crippen LogP contribution in [0.25, 0.3) is 0 Å². The number of carbonyl (C=O) groups is 2. The van der Waals surface area contributed by atoms with E-state index >= 15 is 0 Å². The third kappa shape index (κ3) is 5.04. The molecule has 0 radical (unpaired) electrons. The molecule has 0 aromatic carbocycles. The molecule has 23 heavy (non-hydrogen) atoms. The number of amides is 1. The van der Waals surface area contributed by atoms with Gasteiger partial charge in [-0.15, -0.1) is 11.3 Å². The lowest BCUT2D eigenvalue weighted by Crippen LogP contribution is -2.27. The van der Waals surface area contributed by atoms with Crippen molar-refractivity contribution in [2.45, 2.75) is 25.3 Å². The van der Waals surface area contributed by atoms with Crippen molar-refractivity contribution in [2.24, 2.45) is 0 Å². The molecule has 2 heterocycles. The maximum Gasteiger partial charge on any atom is 0.346 e. The number of nitrogens with zero attached hydrogens (tertiary/aromatic N) is 1. The number of carbonyl (C=O) groups excluding carboxylic acids is 2. The minimum Gasteiger partial charge on any atom is -0.355 e. The van der Waals surface area contributed by atoms with Gasteiger partial charge >= 0.3 is 5.69 Å². The number of aryl methyl sites for hydroxylation is 1. The third-order valence-electron chi connectivity index (χ3n) is 3.05. The summed E-state index contributed by atoms with van der Waals surface area (Å²) in [5.74, 6) is -0.228. The van der Waals surface area contributed by atoms with E-state index in [1.165, 1.54) is 11.8 Å². The van der Waals surface area contributed by atoms with E-state index in [1.54, 1.807) is 18.3 Å². The van der Waals surface area contributed by atoms with Crippen LogP contribution in [-0.2, 0) is 11.2 Å². The zero-order valence-corrected chi connectivity index (χ0v) is 14.5. The molecule has 0 aliphatic heterocycles. The lowest BCUT2D eigenvalue weighted by Gasteiger charge is -2.08. The molecule has 2 N–H and O–H groups in total. The highest BCUT2D eigenvalue weighted by molar-refractivity contribution is 8.00. The molecule has 0 bridgehead atoms. The minimum absolute atomic E-state index is 0.112. The molecule has 2 rings (SSSR count). The number of nitrogens with one attached hydrogen (secondary N) is 2. The predicted molar refractivity (Wildman–Crippen MR) is 91.4 cm³/mol. The number of aromatic amines is 1. The summed E-state index contributed by atoms with van der Waals surface area (Å²) in [6, 6.07) is 4.00. The van der Waals surface area contributed by atoms with Crippen molar-refractivity contribution in [2.75, 3.05) is 12.3 Å². The van der Waals surface area contributed by atoms with E-state index < -0.39 is 5.69 Å². The summed E-state index contributed by atoms with van der Waals surface area (Å²) in [6.07, 6.45) is 0.787. The van der Waals surface area contributed by atoms with Crippen LogP contribution >= 0.6 is 23.1 Å². The van der Waals surface area contributed by atoms with Crippen molar-refractivity contribution in [3.8, 4) is 0 Å². The first-order chi connectivity index (χ1) is 11.0. The summed E-state index contributed by atoms with van der Waals surface area (Å²) in [5, 5.41) is 5.11. The molecule has 0 atom stereocenters. The fourth-order valence-corrected chi connectivity index (χ4v) is 3.71. The molecular weight excluding hydrogens is 334 g/mol. The topological polar surface area (TPSA) is 91.9 Å². The van der Waals surface area contributed by atoms with Gasteiger partial charge in [-0.2, -0.15) is 4.98 Å². The summed E-state index contributed by atoms with van der Waals surface area (Å²) in [6.45, 7) is 3.61. The molecule has 1 amide bonds. The van der Waals surface area contributed by atoms with E-state index in [0.29, 0.717) is 22.8 Å². The summed E-state index contributed by atoms with van der Waals surface area (Å²) >= 11 is 2.75. The van der Waals surface area contributed by atoms with Crippen LogP contribution in [-0.4, -0.2) is 34.0 Å². The van der Waals surface area contributed by atoms with Crippen molar-refractivity contribution in [3.05, 3.63) is 44.1 Å². The normalized spacial score (nSPS) is 10.5. The van der Waals surface area contributed by atoms with Gasteiger partial charge in [0.2, 0.25) is 5.91 Å². The van der Waals surface area contributed by atoms with Crippen LogP contribution in [0.15, 0.2) is 27.3 Å². The molecule has 8 heteroatoms. The van der Waals surface area contributed by atoms with Gasteiger partial charge in [-0.05, 0) is 31.7 Å². The summed E-state index contributed by atoms with van der Waals surface area (Å²) in [4.78, 5) is 42.5. The smallest absolute Gasteiger partial charge is 0.346 e. The highest BCUT2D eigenvalue weighted by Gasteiger charge is 2.15. The number of ketones is 1. The number of H-pyrrole nitrogens is 1. The maximum absolute atomic E-state index is 11.9. The number of Topliss-reactive ketones (excluding diaryl/α,β-unsaturated/α-hetero) is 1. The Kier molecular flexibility index (Phi) is 6.12. The van der Waals surface area contributed by atoms with Crippen molar-refractivity contribution in [1.82, 2.24) is 15.3 Å². The van der Waals surface area contributed by atoms with Crippen LogP contribution in [0.1, 0.15) is 27.9 Å². The van der Waals surface area contributed by atoms with Crippen molar-refractivity contribution >= 4 is 34.8 Å². The quantitative estimate of drug-likeness (QED) is 0.451. The Morgan fingerprint density at radius 2 is 2.22 bits per heavy atom. The minimum atomic E-state index is -0.520. The summed E-state index contributed by atoms with van der Waals surface area (Å²) < 4.78 is 0. The summed E-state index contributed by atoms with van der Waals surface area (Å²) in [5.41, 5.74) is 0.312. The van der Waals surface area contributed by atoms with Crippen molar-refractivity contribution in [3.63, 3.8) is 0 Å². The van der Waals surface area contributed by atoms with Crippen molar-refractivity contribution < 1.29 is 9.59 Å². The molecule has 0 aliphatic carbocycles. The van der Waals surface area contributed by atoms with Crippen LogP contribution in [0, 0.1) is 6.92 Å². The van der Waals surface area contributed by atoms with Crippen LogP contribution in [0.3, 0.4) is 0 Å². The monoisotopic (exact) mass is 351 g/mol. The number of thiophene rings is 1. The Morgan fingerprint density at radius 3 is 2.87 bits per heavy atom. The van der Waals surface area contributed by atoms with Gasteiger partial charge in [0.25, 0.3) is 0 Å². The average Bonchev–Trinajstić information content (AvgIpc) is 2.97. The van der Waals surface area contributed by atoms with Crippen molar-refractivity contribution in [1.29, 1.82) is 0 Å². The standard InChI is InChI=1S/C15H17N3O3S2/c1-9-13(10(2)19)14(18-15(21)17-9)23-8-12(20)16-6-5-11-4-3-7-22-11/h3-4,7H,5-6,8H2,1-2H3,(H,16,20)(H,17,18,21). The Balaban J connectivity index is 1.91. The number of hydrogen-bond acceptors (Lipinski definition) is 6. The van der Waals surface area contributed by atoms with Gasteiger partial charge in [-0.3, -0.25) is 9.59 Å². The number of thioether (sulfide) groups is 1. The van der Waals surface area contributed by atoms with E-state index in [4.69, 9.17) is 0 Å². The molecule has 0 saturated carbocycles. The molecule has 0 fully saturated rings. The lowest BCUT2D eigenvalue weighted by molar-refractivity contribution is -0.118. The predicted octanol–water partition coefficient (Wildman–Crippen LogP) is 1.79. The van der Waals surface area contributed by atoms with E-state index in [9.17, 15) is 14.4 Å². The van der Waals surface area contributed by atoms with Gasteiger partial charge in [-0.25, -0.2) is 4.79 Å². The number of hydrogen-bond donors (Lipinski definition) is 2. The van der Waals surface area contributed by atoms with E-state index in [0.717, 1.165) is 18.2 Å². The fourth-order valence-electron chi connectivity index (χ4n) is 2.04. The molecular formula is C15H17N3O3S2. The zero-order valence-electron chi connectivity index (χ0n) is 12.8. The molecule has 2 aromatic heterocycles. The zero-order chi connectivity index (χ0) is 16.8. The Bertz CT molecular complexity index is 754. The first-order valence-corrected chi connectivity index (χ1v) is 8.87. The highest BCUT2D eigenvalue weighted by atomic mass is 32.2. The van der Waals surface area contributed by atoms with Gasteiger partial charge < -0.3 is 10.3 Å². The lowest BCUT2D eigenvalue weighted by atomic mass is 10.2. The highest BCUT2D eigenvalue weighted by Crippen LogP contribution is 2.21. The van der Waals surface area contributed by atoms with Crippen LogP contribution in [0.5, 0.6) is 0 Å². The Labute approximate surface area is 141 Å². The van der Waals surface area contributed by atoms with E-state index in [-0.39, 0.29) is 17.4 Å². The van der Waals surface area contributed by atoms with Gasteiger partial charge in [0.15, 0.2) is 5.78 Å². The molecule has 6 nitrogen and oxygen atoms in total. The summed E-state index contributed by atoms with van der Waals surface area (Å²) in [7, 11) is 0. The van der Waals surface area contributed by atoms with Crippen LogP contribution in [0.2, 0.25) is 0 Å². The molecule has 2 aromatic rings. The number of rotatable bonds is 7. The Hall–Kier alpha value is -1.93. The van der Waals surface area contributed by atoms with E-state index in [1.807, 2.05) is 17.5 Å². The maximum atomic E-state index is 11.9. The van der Waals surface area contributed by atoms with Gasteiger partial charge in [0.1, 0.15) is 5.03 Å². The Morgan fingerprint density at radius 1 is 1.43 bits per heavy atom.